The van der Waals surface area contributed by atoms with Gasteiger partial charge in [0.05, 0.1) is 18.2 Å². The largest absolute Gasteiger partial charge is 0.489 e. The summed E-state index contributed by atoms with van der Waals surface area (Å²) in [5.74, 6) is 1.26. The lowest BCUT2D eigenvalue weighted by Gasteiger charge is -2.12. The Kier molecular flexibility index (Phi) is 4.31. The molecule has 5 heteroatoms. The molecule has 2 rings (SSSR count). The first-order chi connectivity index (χ1) is 8.70. The van der Waals surface area contributed by atoms with Gasteiger partial charge in [-0.1, -0.05) is 18.5 Å². The highest BCUT2D eigenvalue weighted by Crippen LogP contribution is 2.37. The van der Waals surface area contributed by atoms with E-state index in [1.807, 2.05) is 13.0 Å². The summed E-state index contributed by atoms with van der Waals surface area (Å²) < 4.78 is 11.1. The van der Waals surface area contributed by atoms with Crippen molar-refractivity contribution >= 4 is 17.5 Å². The van der Waals surface area contributed by atoms with E-state index in [9.17, 15) is 4.79 Å². The lowest BCUT2D eigenvalue weighted by Crippen LogP contribution is -2.21. The van der Waals surface area contributed by atoms with Crippen LogP contribution in [0.1, 0.15) is 25.3 Å². The Morgan fingerprint density at radius 2 is 2.17 bits per heavy atom. The Bertz CT molecular complexity index is 448. The molecule has 0 radical (unpaired) electrons. The van der Waals surface area contributed by atoms with Crippen LogP contribution in [0.25, 0.3) is 0 Å². The van der Waals surface area contributed by atoms with Gasteiger partial charge >= 0.3 is 0 Å². The van der Waals surface area contributed by atoms with Crippen LogP contribution in [0, 0.1) is 0 Å². The van der Waals surface area contributed by atoms with Crippen molar-refractivity contribution in [1.29, 1.82) is 0 Å². The summed E-state index contributed by atoms with van der Waals surface area (Å²) in [7, 11) is 0. The van der Waals surface area contributed by atoms with Crippen LogP contribution in [0.3, 0.4) is 0 Å². The molecule has 0 bridgehead atoms. The van der Waals surface area contributed by atoms with Gasteiger partial charge in [0, 0.05) is 19.4 Å². The zero-order valence-corrected chi connectivity index (χ0v) is 11.0. The number of carbonyl (C=O) groups is 1. The number of fused-ring (bicyclic) bond motifs is 1. The molecule has 1 amide bonds. The SMILES string of the molecule is CCC(=O)NCc1cc(Cl)c2c(c1)OCCCO2. The van der Waals surface area contributed by atoms with Crippen LogP contribution in [0.2, 0.25) is 5.02 Å². The Labute approximate surface area is 111 Å². The topological polar surface area (TPSA) is 47.6 Å². The molecular formula is C13H16ClNO3. The van der Waals surface area contributed by atoms with Gasteiger partial charge in [-0.15, -0.1) is 0 Å². The van der Waals surface area contributed by atoms with E-state index in [1.54, 1.807) is 6.07 Å². The number of nitrogens with one attached hydrogen (secondary N) is 1. The molecule has 0 aliphatic carbocycles. The number of ether oxygens (including phenoxy) is 2. The molecule has 18 heavy (non-hydrogen) atoms. The summed E-state index contributed by atoms with van der Waals surface area (Å²) in [5.41, 5.74) is 0.908. The van der Waals surface area contributed by atoms with Crippen LogP contribution in [-0.4, -0.2) is 19.1 Å². The standard InChI is InChI=1S/C13H16ClNO3/c1-2-12(16)15-8-9-6-10(14)13-11(7-9)17-4-3-5-18-13/h6-7H,2-5,8H2,1H3,(H,15,16). The summed E-state index contributed by atoms with van der Waals surface area (Å²) in [5, 5.41) is 3.33. The number of rotatable bonds is 3. The van der Waals surface area contributed by atoms with E-state index in [2.05, 4.69) is 5.32 Å². The first-order valence-electron chi connectivity index (χ1n) is 6.05. The highest BCUT2D eigenvalue weighted by molar-refractivity contribution is 6.32. The summed E-state index contributed by atoms with van der Waals surface area (Å²) >= 11 is 6.15. The molecule has 0 saturated carbocycles. The van der Waals surface area contributed by atoms with Crippen molar-refractivity contribution in [2.24, 2.45) is 0 Å². The molecule has 1 aromatic rings. The second-order valence-corrected chi connectivity index (χ2v) is 4.49. The van der Waals surface area contributed by atoms with Crippen LogP contribution in [0.15, 0.2) is 12.1 Å². The van der Waals surface area contributed by atoms with E-state index in [-0.39, 0.29) is 5.91 Å². The summed E-state index contributed by atoms with van der Waals surface area (Å²) in [4.78, 5) is 11.2. The van der Waals surface area contributed by atoms with Gasteiger partial charge in [-0.25, -0.2) is 0 Å². The number of hydrogen-bond acceptors (Lipinski definition) is 3. The van der Waals surface area contributed by atoms with E-state index in [0.717, 1.165) is 12.0 Å². The van der Waals surface area contributed by atoms with Gasteiger partial charge in [-0.3, -0.25) is 4.79 Å². The van der Waals surface area contributed by atoms with Crippen LogP contribution >= 0.6 is 11.6 Å². The minimum absolute atomic E-state index is 0.0123. The van der Waals surface area contributed by atoms with E-state index in [1.165, 1.54) is 0 Å². The van der Waals surface area contributed by atoms with Gasteiger partial charge in [0.1, 0.15) is 0 Å². The third-order valence-corrected chi connectivity index (χ3v) is 2.95. The molecule has 4 nitrogen and oxygen atoms in total. The molecule has 1 heterocycles. The van der Waals surface area contributed by atoms with E-state index < -0.39 is 0 Å². The molecule has 0 saturated heterocycles. The molecule has 1 N–H and O–H groups in total. The fraction of sp³-hybridized carbons (Fsp3) is 0.462. The predicted octanol–water partition coefficient (Wildman–Crippen LogP) is 2.53. The number of halogens is 1. The molecule has 1 aliphatic rings. The van der Waals surface area contributed by atoms with Crippen LogP contribution in [0.4, 0.5) is 0 Å². The Morgan fingerprint density at radius 3 is 2.94 bits per heavy atom. The van der Waals surface area contributed by atoms with Crippen molar-refractivity contribution in [2.45, 2.75) is 26.3 Å². The Hall–Kier alpha value is -1.42. The first-order valence-corrected chi connectivity index (χ1v) is 6.43. The van der Waals surface area contributed by atoms with Crippen molar-refractivity contribution in [3.05, 3.63) is 22.7 Å². The molecule has 0 unspecified atom stereocenters. The van der Waals surface area contributed by atoms with Crippen molar-refractivity contribution in [3.63, 3.8) is 0 Å². The third-order valence-electron chi connectivity index (χ3n) is 2.67. The lowest BCUT2D eigenvalue weighted by atomic mass is 10.2. The summed E-state index contributed by atoms with van der Waals surface area (Å²) in [6.45, 7) is 3.49. The molecule has 0 fully saturated rings. The molecule has 1 aromatic carbocycles. The second kappa shape index (κ2) is 5.96. The van der Waals surface area contributed by atoms with E-state index in [0.29, 0.717) is 42.7 Å². The van der Waals surface area contributed by atoms with Gasteiger partial charge in [0.25, 0.3) is 0 Å². The van der Waals surface area contributed by atoms with Gasteiger partial charge in [0.15, 0.2) is 11.5 Å². The maximum Gasteiger partial charge on any atom is 0.219 e. The zero-order valence-electron chi connectivity index (χ0n) is 10.3. The molecular weight excluding hydrogens is 254 g/mol. The molecule has 0 aromatic heterocycles. The molecule has 1 aliphatic heterocycles. The minimum atomic E-state index is 0.0123. The Morgan fingerprint density at radius 1 is 1.39 bits per heavy atom. The van der Waals surface area contributed by atoms with Gasteiger partial charge in [-0.2, -0.15) is 0 Å². The van der Waals surface area contributed by atoms with Crippen molar-refractivity contribution in [1.82, 2.24) is 5.32 Å². The van der Waals surface area contributed by atoms with E-state index >= 15 is 0 Å². The lowest BCUT2D eigenvalue weighted by molar-refractivity contribution is -0.120. The van der Waals surface area contributed by atoms with Crippen LogP contribution in [0.5, 0.6) is 11.5 Å². The average Bonchev–Trinajstić information content (AvgIpc) is 2.61. The van der Waals surface area contributed by atoms with Crippen molar-refractivity contribution < 1.29 is 14.3 Å². The smallest absolute Gasteiger partial charge is 0.219 e. The fourth-order valence-electron chi connectivity index (χ4n) is 1.71. The zero-order chi connectivity index (χ0) is 13.0. The molecule has 98 valence electrons. The number of carbonyl (C=O) groups excluding carboxylic acids is 1. The van der Waals surface area contributed by atoms with E-state index in [4.69, 9.17) is 21.1 Å². The fourth-order valence-corrected chi connectivity index (χ4v) is 2.00. The molecule has 0 spiro atoms. The highest BCUT2D eigenvalue weighted by atomic mass is 35.5. The van der Waals surface area contributed by atoms with Crippen LogP contribution < -0.4 is 14.8 Å². The summed E-state index contributed by atoms with van der Waals surface area (Å²) in [6, 6.07) is 3.66. The number of benzene rings is 1. The highest BCUT2D eigenvalue weighted by Gasteiger charge is 2.15. The van der Waals surface area contributed by atoms with Crippen molar-refractivity contribution in [2.75, 3.05) is 13.2 Å². The normalized spacial score (nSPS) is 13.9. The summed E-state index contributed by atoms with van der Waals surface area (Å²) in [6.07, 6.45) is 1.31. The quantitative estimate of drug-likeness (QED) is 0.917. The maximum absolute atomic E-state index is 11.2. The first kappa shape index (κ1) is 13.0. The van der Waals surface area contributed by atoms with Crippen LogP contribution in [-0.2, 0) is 11.3 Å². The Balaban J connectivity index is 2.15. The predicted molar refractivity (Wildman–Crippen MR) is 69.2 cm³/mol. The maximum atomic E-state index is 11.2. The van der Waals surface area contributed by atoms with Gasteiger partial charge in [-0.05, 0) is 17.7 Å². The third kappa shape index (κ3) is 3.07. The number of amides is 1. The second-order valence-electron chi connectivity index (χ2n) is 4.09. The minimum Gasteiger partial charge on any atom is -0.489 e. The van der Waals surface area contributed by atoms with Gasteiger partial charge < -0.3 is 14.8 Å². The average molecular weight is 270 g/mol. The monoisotopic (exact) mass is 269 g/mol. The molecule has 0 atom stereocenters. The van der Waals surface area contributed by atoms with Gasteiger partial charge in [0.2, 0.25) is 5.91 Å². The number of hydrogen-bond donors (Lipinski definition) is 1. The van der Waals surface area contributed by atoms with Crippen molar-refractivity contribution in [3.8, 4) is 11.5 Å².